The van der Waals surface area contributed by atoms with Gasteiger partial charge in [-0.1, -0.05) is 41.4 Å². The standard InChI is InChI=1S/C19H20Cl2N2O2/c1-2-25-17-9-4-3-8-16(17)22-10-12-23(13-11-22)19(24)18-14(20)6-5-7-15(18)21/h3-9H,2,10-13H2,1H3. The number of para-hydroxylation sites is 2. The first-order valence-electron chi connectivity index (χ1n) is 8.32. The summed E-state index contributed by atoms with van der Waals surface area (Å²) in [6.45, 7) is 5.29. The summed E-state index contributed by atoms with van der Waals surface area (Å²) in [7, 11) is 0. The largest absolute Gasteiger partial charge is 0.492 e. The average Bonchev–Trinajstić information content (AvgIpc) is 2.62. The molecular formula is C19H20Cl2N2O2. The second kappa shape index (κ2) is 7.98. The minimum Gasteiger partial charge on any atom is -0.492 e. The van der Waals surface area contributed by atoms with Crippen LogP contribution >= 0.6 is 23.2 Å². The van der Waals surface area contributed by atoms with Gasteiger partial charge in [0, 0.05) is 26.2 Å². The molecule has 0 saturated carbocycles. The number of rotatable bonds is 4. The Hall–Kier alpha value is -1.91. The van der Waals surface area contributed by atoms with Crippen molar-refractivity contribution in [3.8, 4) is 5.75 Å². The maximum Gasteiger partial charge on any atom is 0.257 e. The predicted molar refractivity (Wildman–Crippen MR) is 102 cm³/mol. The Labute approximate surface area is 157 Å². The quantitative estimate of drug-likeness (QED) is 0.792. The minimum absolute atomic E-state index is 0.117. The molecule has 1 amide bonds. The number of hydrogen-bond acceptors (Lipinski definition) is 3. The summed E-state index contributed by atoms with van der Waals surface area (Å²) in [5, 5.41) is 0.781. The van der Waals surface area contributed by atoms with Crippen molar-refractivity contribution in [2.24, 2.45) is 0 Å². The SMILES string of the molecule is CCOc1ccccc1N1CCN(C(=O)c2c(Cl)cccc2Cl)CC1. The number of hydrogen-bond donors (Lipinski definition) is 0. The van der Waals surface area contributed by atoms with E-state index >= 15 is 0 Å². The smallest absolute Gasteiger partial charge is 0.257 e. The topological polar surface area (TPSA) is 32.8 Å². The van der Waals surface area contributed by atoms with Crippen LogP contribution in [0.1, 0.15) is 17.3 Å². The van der Waals surface area contributed by atoms with Gasteiger partial charge in [-0.05, 0) is 31.2 Å². The van der Waals surface area contributed by atoms with E-state index in [1.807, 2.05) is 31.2 Å². The lowest BCUT2D eigenvalue weighted by Crippen LogP contribution is -2.49. The van der Waals surface area contributed by atoms with Gasteiger partial charge in [-0.2, -0.15) is 0 Å². The van der Waals surface area contributed by atoms with E-state index in [1.54, 1.807) is 23.1 Å². The number of amides is 1. The maximum absolute atomic E-state index is 12.8. The molecule has 1 aliphatic heterocycles. The van der Waals surface area contributed by atoms with Crippen LogP contribution in [0.3, 0.4) is 0 Å². The predicted octanol–water partition coefficient (Wildman–Crippen LogP) is 4.35. The van der Waals surface area contributed by atoms with Crippen molar-refractivity contribution in [2.75, 3.05) is 37.7 Å². The van der Waals surface area contributed by atoms with E-state index in [4.69, 9.17) is 27.9 Å². The zero-order valence-electron chi connectivity index (χ0n) is 14.0. The number of anilines is 1. The highest BCUT2D eigenvalue weighted by Gasteiger charge is 2.26. The molecule has 0 spiro atoms. The lowest BCUT2D eigenvalue weighted by atomic mass is 10.1. The van der Waals surface area contributed by atoms with Crippen LogP contribution in [0.4, 0.5) is 5.69 Å². The molecule has 6 heteroatoms. The second-order valence-corrected chi connectivity index (χ2v) is 6.59. The molecule has 0 aliphatic carbocycles. The Bertz CT molecular complexity index is 739. The summed E-state index contributed by atoms with van der Waals surface area (Å²) in [6.07, 6.45) is 0. The molecule has 0 bridgehead atoms. The average molecular weight is 379 g/mol. The second-order valence-electron chi connectivity index (χ2n) is 5.78. The molecule has 4 nitrogen and oxygen atoms in total. The highest BCUT2D eigenvalue weighted by atomic mass is 35.5. The van der Waals surface area contributed by atoms with E-state index in [0.717, 1.165) is 24.5 Å². The van der Waals surface area contributed by atoms with Crippen LogP contribution in [-0.2, 0) is 0 Å². The van der Waals surface area contributed by atoms with Gasteiger partial charge in [0.15, 0.2) is 0 Å². The van der Waals surface area contributed by atoms with Crippen molar-refractivity contribution in [3.63, 3.8) is 0 Å². The molecule has 3 rings (SSSR count). The van der Waals surface area contributed by atoms with E-state index in [9.17, 15) is 4.79 Å². The number of piperazine rings is 1. The van der Waals surface area contributed by atoms with Crippen molar-refractivity contribution < 1.29 is 9.53 Å². The van der Waals surface area contributed by atoms with E-state index in [0.29, 0.717) is 35.3 Å². The van der Waals surface area contributed by atoms with Gasteiger partial charge in [-0.15, -0.1) is 0 Å². The third-order valence-electron chi connectivity index (χ3n) is 4.25. The van der Waals surface area contributed by atoms with Crippen LogP contribution in [0.25, 0.3) is 0 Å². The Balaban J connectivity index is 1.71. The summed E-state index contributed by atoms with van der Waals surface area (Å²) in [5.41, 5.74) is 1.45. The van der Waals surface area contributed by atoms with Gasteiger partial charge in [-0.25, -0.2) is 0 Å². The van der Waals surface area contributed by atoms with Crippen molar-refractivity contribution in [2.45, 2.75) is 6.92 Å². The van der Waals surface area contributed by atoms with Crippen molar-refractivity contribution >= 4 is 34.8 Å². The number of carbonyl (C=O) groups excluding carboxylic acids is 1. The summed E-state index contributed by atoms with van der Waals surface area (Å²) >= 11 is 12.3. The molecule has 0 radical (unpaired) electrons. The maximum atomic E-state index is 12.8. The first-order chi connectivity index (χ1) is 12.1. The number of nitrogens with zero attached hydrogens (tertiary/aromatic N) is 2. The molecule has 0 unspecified atom stereocenters. The van der Waals surface area contributed by atoms with Crippen LogP contribution in [0.5, 0.6) is 5.75 Å². The Morgan fingerprint density at radius 2 is 1.64 bits per heavy atom. The molecule has 132 valence electrons. The van der Waals surface area contributed by atoms with Crippen LogP contribution in [0.2, 0.25) is 10.0 Å². The van der Waals surface area contributed by atoms with Gasteiger partial charge in [-0.3, -0.25) is 4.79 Å². The summed E-state index contributed by atoms with van der Waals surface area (Å²) < 4.78 is 5.71. The van der Waals surface area contributed by atoms with Crippen molar-refractivity contribution in [1.29, 1.82) is 0 Å². The minimum atomic E-state index is -0.117. The highest BCUT2D eigenvalue weighted by Crippen LogP contribution is 2.30. The molecule has 25 heavy (non-hydrogen) atoms. The first kappa shape index (κ1) is 17.9. The summed E-state index contributed by atoms with van der Waals surface area (Å²) in [4.78, 5) is 16.8. The fraction of sp³-hybridized carbons (Fsp3) is 0.316. The number of ether oxygens (including phenoxy) is 1. The molecule has 0 aromatic heterocycles. The molecule has 1 saturated heterocycles. The third kappa shape index (κ3) is 3.86. The van der Waals surface area contributed by atoms with Crippen molar-refractivity contribution in [3.05, 3.63) is 58.1 Å². The van der Waals surface area contributed by atoms with Crippen LogP contribution in [-0.4, -0.2) is 43.6 Å². The monoisotopic (exact) mass is 378 g/mol. The van der Waals surface area contributed by atoms with Gasteiger partial charge in [0.1, 0.15) is 5.75 Å². The number of benzene rings is 2. The number of carbonyl (C=O) groups is 1. The summed E-state index contributed by atoms with van der Waals surface area (Å²) in [6, 6.07) is 13.1. The fourth-order valence-electron chi connectivity index (χ4n) is 3.01. The van der Waals surface area contributed by atoms with Crippen LogP contribution < -0.4 is 9.64 Å². The van der Waals surface area contributed by atoms with Crippen LogP contribution in [0.15, 0.2) is 42.5 Å². The summed E-state index contributed by atoms with van der Waals surface area (Å²) in [5.74, 6) is 0.757. The molecule has 1 heterocycles. The van der Waals surface area contributed by atoms with Gasteiger partial charge >= 0.3 is 0 Å². The van der Waals surface area contributed by atoms with Crippen molar-refractivity contribution in [1.82, 2.24) is 4.90 Å². The van der Waals surface area contributed by atoms with Gasteiger partial charge < -0.3 is 14.5 Å². The molecule has 0 N–H and O–H groups in total. The Kier molecular flexibility index (Phi) is 5.71. The highest BCUT2D eigenvalue weighted by molar-refractivity contribution is 6.39. The van der Waals surface area contributed by atoms with Crippen LogP contribution in [0, 0.1) is 0 Å². The lowest BCUT2D eigenvalue weighted by molar-refractivity contribution is 0.0747. The molecule has 2 aromatic rings. The van der Waals surface area contributed by atoms with E-state index in [1.165, 1.54) is 0 Å². The van der Waals surface area contributed by atoms with Gasteiger partial charge in [0.2, 0.25) is 0 Å². The Morgan fingerprint density at radius 1 is 1.00 bits per heavy atom. The molecule has 1 aliphatic rings. The van der Waals surface area contributed by atoms with E-state index in [2.05, 4.69) is 4.90 Å². The van der Waals surface area contributed by atoms with E-state index in [-0.39, 0.29) is 5.91 Å². The molecular weight excluding hydrogens is 359 g/mol. The lowest BCUT2D eigenvalue weighted by Gasteiger charge is -2.37. The number of halogens is 2. The molecule has 2 aromatic carbocycles. The third-order valence-corrected chi connectivity index (χ3v) is 4.88. The zero-order chi connectivity index (χ0) is 17.8. The fourth-order valence-corrected chi connectivity index (χ4v) is 3.57. The van der Waals surface area contributed by atoms with Gasteiger partial charge in [0.05, 0.1) is 27.9 Å². The molecule has 1 fully saturated rings. The van der Waals surface area contributed by atoms with E-state index < -0.39 is 0 Å². The molecule has 0 atom stereocenters. The Morgan fingerprint density at radius 3 is 2.28 bits per heavy atom. The van der Waals surface area contributed by atoms with Gasteiger partial charge in [0.25, 0.3) is 5.91 Å². The zero-order valence-corrected chi connectivity index (χ0v) is 15.6. The normalized spacial score (nSPS) is 14.5. The first-order valence-corrected chi connectivity index (χ1v) is 9.07.